The van der Waals surface area contributed by atoms with E-state index in [0.29, 0.717) is 13.1 Å². The Hall–Kier alpha value is -2.62. The van der Waals surface area contributed by atoms with Gasteiger partial charge in [0.15, 0.2) is 0 Å². The maximum Gasteiger partial charge on any atom is 0.227 e. The molecule has 112 valence electrons. The second-order valence-electron chi connectivity index (χ2n) is 5.44. The largest absolute Gasteiger partial charge is 0.352 e. The van der Waals surface area contributed by atoms with Crippen LogP contribution in [0.15, 0.2) is 60.7 Å². The Labute approximate surface area is 129 Å². The van der Waals surface area contributed by atoms with Crippen molar-refractivity contribution >= 4 is 17.5 Å². The third-order valence-corrected chi connectivity index (χ3v) is 3.87. The molecule has 0 unspecified atom stereocenters. The summed E-state index contributed by atoms with van der Waals surface area (Å²) in [7, 11) is 0. The van der Waals surface area contributed by atoms with Gasteiger partial charge in [0.05, 0.1) is 5.92 Å². The van der Waals surface area contributed by atoms with E-state index in [-0.39, 0.29) is 24.2 Å². The van der Waals surface area contributed by atoms with Crippen LogP contribution < -0.4 is 10.2 Å². The van der Waals surface area contributed by atoms with Gasteiger partial charge in [0.1, 0.15) is 0 Å². The Morgan fingerprint density at radius 3 is 2.36 bits per heavy atom. The van der Waals surface area contributed by atoms with Crippen molar-refractivity contribution in [3.63, 3.8) is 0 Å². The summed E-state index contributed by atoms with van der Waals surface area (Å²) in [4.78, 5) is 26.0. The molecule has 0 radical (unpaired) electrons. The van der Waals surface area contributed by atoms with Crippen LogP contribution in [-0.4, -0.2) is 18.4 Å². The zero-order valence-corrected chi connectivity index (χ0v) is 12.2. The number of para-hydroxylation sites is 1. The maximum absolute atomic E-state index is 12.3. The average molecular weight is 294 g/mol. The van der Waals surface area contributed by atoms with Crippen molar-refractivity contribution in [3.05, 3.63) is 66.2 Å². The van der Waals surface area contributed by atoms with Gasteiger partial charge in [0, 0.05) is 25.2 Å². The fourth-order valence-corrected chi connectivity index (χ4v) is 2.67. The first-order valence-electron chi connectivity index (χ1n) is 7.41. The first kappa shape index (κ1) is 14.3. The second-order valence-corrected chi connectivity index (χ2v) is 5.44. The fraction of sp³-hybridized carbons (Fsp3) is 0.222. The lowest BCUT2D eigenvalue weighted by atomic mass is 10.1. The van der Waals surface area contributed by atoms with Crippen molar-refractivity contribution in [2.45, 2.75) is 13.0 Å². The maximum atomic E-state index is 12.3. The Balaban J connectivity index is 1.59. The van der Waals surface area contributed by atoms with E-state index in [4.69, 9.17) is 0 Å². The number of anilines is 1. The molecule has 0 aliphatic carbocycles. The van der Waals surface area contributed by atoms with E-state index in [1.807, 2.05) is 60.7 Å². The molecule has 1 fully saturated rings. The van der Waals surface area contributed by atoms with Crippen LogP contribution in [0.3, 0.4) is 0 Å². The Bertz CT molecular complexity index is 655. The van der Waals surface area contributed by atoms with Crippen molar-refractivity contribution < 1.29 is 9.59 Å². The van der Waals surface area contributed by atoms with Crippen LogP contribution in [0.25, 0.3) is 0 Å². The summed E-state index contributed by atoms with van der Waals surface area (Å²) in [6.07, 6.45) is 0.273. The highest BCUT2D eigenvalue weighted by atomic mass is 16.2. The van der Waals surface area contributed by atoms with Crippen LogP contribution in [0.5, 0.6) is 0 Å². The van der Waals surface area contributed by atoms with Crippen LogP contribution >= 0.6 is 0 Å². The number of hydrogen-bond donors (Lipinski definition) is 1. The monoisotopic (exact) mass is 294 g/mol. The summed E-state index contributed by atoms with van der Waals surface area (Å²) in [6, 6.07) is 19.2. The number of amides is 2. The smallest absolute Gasteiger partial charge is 0.227 e. The molecule has 3 rings (SSSR count). The molecule has 2 aromatic rings. The van der Waals surface area contributed by atoms with Gasteiger partial charge in [0.2, 0.25) is 11.8 Å². The number of hydrogen-bond acceptors (Lipinski definition) is 2. The zero-order chi connectivity index (χ0) is 15.4. The van der Waals surface area contributed by atoms with E-state index < -0.39 is 0 Å². The predicted molar refractivity (Wildman–Crippen MR) is 85.2 cm³/mol. The first-order valence-corrected chi connectivity index (χ1v) is 7.41. The molecular formula is C18H18N2O2. The highest BCUT2D eigenvalue weighted by Gasteiger charge is 2.34. The van der Waals surface area contributed by atoms with Crippen molar-refractivity contribution in [1.29, 1.82) is 0 Å². The predicted octanol–water partition coefficient (Wildman–Crippen LogP) is 2.36. The molecule has 1 saturated heterocycles. The number of carbonyl (C=O) groups excluding carboxylic acids is 2. The van der Waals surface area contributed by atoms with Crippen LogP contribution in [0.4, 0.5) is 5.69 Å². The lowest BCUT2D eigenvalue weighted by Crippen LogP contribution is -2.32. The summed E-state index contributed by atoms with van der Waals surface area (Å²) >= 11 is 0. The van der Waals surface area contributed by atoms with E-state index in [9.17, 15) is 9.59 Å². The number of nitrogens with one attached hydrogen (secondary N) is 1. The van der Waals surface area contributed by atoms with Gasteiger partial charge in [-0.15, -0.1) is 0 Å². The Kier molecular flexibility index (Phi) is 4.19. The molecule has 2 amide bonds. The van der Waals surface area contributed by atoms with Gasteiger partial charge < -0.3 is 10.2 Å². The Morgan fingerprint density at radius 2 is 1.68 bits per heavy atom. The molecule has 1 aliphatic rings. The molecule has 0 aromatic heterocycles. The van der Waals surface area contributed by atoms with E-state index >= 15 is 0 Å². The molecule has 4 heteroatoms. The first-order chi connectivity index (χ1) is 10.7. The standard InChI is InChI=1S/C18H18N2O2/c21-17-11-15(13-20(17)16-9-5-2-6-10-16)18(22)19-12-14-7-3-1-4-8-14/h1-10,15H,11-13H2,(H,19,22)/t15-/m1/s1. The van der Waals surface area contributed by atoms with Gasteiger partial charge in [-0.25, -0.2) is 0 Å². The van der Waals surface area contributed by atoms with Crippen molar-refractivity contribution in [2.75, 3.05) is 11.4 Å². The molecule has 1 N–H and O–H groups in total. The topological polar surface area (TPSA) is 49.4 Å². The molecule has 0 saturated carbocycles. The van der Waals surface area contributed by atoms with Crippen LogP contribution in [0, 0.1) is 5.92 Å². The van der Waals surface area contributed by atoms with Gasteiger partial charge in [-0.3, -0.25) is 9.59 Å². The molecule has 0 bridgehead atoms. The third-order valence-electron chi connectivity index (χ3n) is 3.87. The van der Waals surface area contributed by atoms with Gasteiger partial charge in [-0.2, -0.15) is 0 Å². The lowest BCUT2D eigenvalue weighted by molar-refractivity contribution is -0.126. The molecule has 22 heavy (non-hydrogen) atoms. The van der Waals surface area contributed by atoms with E-state index in [2.05, 4.69) is 5.32 Å². The lowest BCUT2D eigenvalue weighted by Gasteiger charge is -2.16. The van der Waals surface area contributed by atoms with Crippen molar-refractivity contribution in [1.82, 2.24) is 5.32 Å². The molecule has 1 atom stereocenters. The van der Waals surface area contributed by atoms with Gasteiger partial charge >= 0.3 is 0 Å². The summed E-state index contributed by atoms with van der Waals surface area (Å²) in [5, 5.41) is 2.92. The molecule has 1 heterocycles. The van der Waals surface area contributed by atoms with Gasteiger partial charge in [0.25, 0.3) is 0 Å². The second kappa shape index (κ2) is 6.43. The minimum Gasteiger partial charge on any atom is -0.352 e. The molecular weight excluding hydrogens is 276 g/mol. The van der Waals surface area contributed by atoms with Gasteiger partial charge in [-0.05, 0) is 17.7 Å². The number of carbonyl (C=O) groups is 2. The summed E-state index contributed by atoms with van der Waals surface area (Å²) in [5.41, 5.74) is 1.91. The molecule has 1 aliphatic heterocycles. The molecule has 0 spiro atoms. The van der Waals surface area contributed by atoms with Crippen LogP contribution in [-0.2, 0) is 16.1 Å². The highest BCUT2D eigenvalue weighted by molar-refractivity contribution is 6.00. The van der Waals surface area contributed by atoms with Crippen molar-refractivity contribution in [2.24, 2.45) is 5.92 Å². The number of nitrogens with zero attached hydrogens (tertiary/aromatic N) is 1. The van der Waals surface area contributed by atoms with Crippen LogP contribution in [0.2, 0.25) is 0 Å². The molecule has 4 nitrogen and oxygen atoms in total. The molecule has 2 aromatic carbocycles. The van der Waals surface area contributed by atoms with E-state index in [1.54, 1.807) is 4.90 Å². The van der Waals surface area contributed by atoms with Crippen molar-refractivity contribution in [3.8, 4) is 0 Å². The zero-order valence-electron chi connectivity index (χ0n) is 12.2. The SMILES string of the molecule is O=C(NCc1ccccc1)[C@@H]1CC(=O)N(c2ccccc2)C1. The summed E-state index contributed by atoms with van der Waals surface area (Å²) in [5.74, 6) is -0.335. The van der Waals surface area contributed by atoms with E-state index in [0.717, 1.165) is 11.3 Å². The third kappa shape index (κ3) is 3.17. The Morgan fingerprint density at radius 1 is 1.05 bits per heavy atom. The van der Waals surface area contributed by atoms with E-state index in [1.165, 1.54) is 0 Å². The quantitative estimate of drug-likeness (QED) is 0.941. The minimum absolute atomic E-state index is 0.00561. The normalized spacial score (nSPS) is 17.5. The number of rotatable bonds is 4. The fourth-order valence-electron chi connectivity index (χ4n) is 2.67. The summed E-state index contributed by atoms with van der Waals surface area (Å²) < 4.78 is 0. The summed E-state index contributed by atoms with van der Waals surface area (Å²) in [6.45, 7) is 0.944. The number of benzene rings is 2. The minimum atomic E-state index is -0.281. The van der Waals surface area contributed by atoms with Crippen LogP contribution in [0.1, 0.15) is 12.0 Å². The highest BCUT2D eigenvalue weighted by Crippen LogP contribution is 2.24. The van der Waals surface area contributed by atoms with Gasteiger partial charge in [-0.1, -0.05) is 48.5 Å². The average Bonchev–Trinajstić information content (AvgIpc) is 2.96.